The Hall–Kier alpha value is 0.350. The molecule has 2 aliphatic rings. The summed E-state index contributed by atoms with van der Waals surface area (Å²) >= 11 is 2.20. The second-order valence-corrected chi connectivity index (χ2v) is 6.37. The molecule has 0 nitrogen and oxygen atoms in total. The maximum Gasteiger partial charge on any atom is -0.000775 e. The molecule has 76 valence electrons. The normalized spacial score (nSPS) is 40.4. The van der Waals surface area contributed by atoms with Crippen molar-refractivity contribution < 1.29 is 0 Å². The largest absolute Gasteiger partial charge is 0.161 e. The highest BCUT2D eigenvalue weighted by molar-refractivity contribution is 7.99. The van der Waals surface area contributed by atoms with E-state index in [0.29, 0.717) is 0 Å². The van der Waals surface area contributed by atoms with Gasteiger partial charge in [-0.3, -0.25) is 0 Å². The fourth-order valence-corrected chi connectivity index (χ4v) is 5.09. The average molecular weight is 198 g/mol. The molecular weight excluding hydrogens is 176 g/mol. The molecule has 0 N–H and O–H groups in total. The van der Waals surface area contributed by atoms with Gasteiger partial charge in [0, 0.05) is 0 Å². The summed E-state index contributed by atoms with van der Waals surface area (Å²) in [6, 6.07) is 0. The molecule has 1 saturated carbocycles. The lowest BCUT2D eigenvalue weighted by molar-refractivity contribution is 0.0841. The summed E-state index contributed by atoms with van der Waals surface area (Å²) in [4.78, 5) is 0. The molecule has 1 saturated heterocycles. The minimum atomic E-state index is 0.775. The van der Waals surface area contributed by atoms with Crippen molar-refractivity contribution in [3.05, 3.63) is 0 Å². The lowest BCUT2D eigenvalue weighted by Crippen LogP contribution is -2.36. The molecule has 0 aromatic heterocycles. The zero-order valence-electron chi connectivity index (χ0n) is 9.01. The third-order valence-electron chi connectivity index (χ3n) is 4.16. The van der Waals surface area contributed by atoms with E-state index in [4.69, 9.17) is 0 Å². The molecule has 1 spiro atoms. The highest BCUT2D eigenvalue weighted by Gasteiger charge is 2.43. The molecule has 1 heteroatoms. The van der Waals surface area contributed by atoms with Gasteiger partial charge >= 0.3 is 0 Å². The van der Waals surface area contributed by atoms with Crippen molar-refractivity contribution in [2.45, 2.75) is 46.0 Å². The Kier molecular flexibility index (Phi) is 2.92. The molecule has 0 aromatic carbocycles. The van der Waals surface area contributed by atoms with Crippen molar-refractivity contribution >= 4 is 11.8 Å². The second-order valence-electron chi connectivity index (χ2n) is 5.26. The average Bonchev–Trinajstić information content (AvgIpc) is 2.54. The summed E-state index contributed by atoms with van der Waals surface area (Å²) < 4.78 is 0. The topological polar surface area (TPSA) is 0 Å². The zero-order chi connectivity index (χ0) is 9.31. The maximum atomic E-state index is 2.43. The van der Waals surface area contributed by atoms with Crippen LogP contribution in [0, 0.1) is 17.3 Å². The van der Waals surface area contributed by atoms with E-state index in [1.54, 1.807) is 0 Å². The maximum absolute atomic E-state index is 2.43. The molecule has 2 rings (SSSR count). The highest BCUT2D eigenvalue weighted by Crippen LogP contribution is 2.52. The summed E-state index contributed by atoms with van der Waals surface area (Å²) in [7, 11) is 0. The van der Waals surface area contributed by atoms with Gasteiger partial charge in [-0.1, -0.05) is 26.7 Å². The van der Waals surface area contributed by atoms with Gasteiger partial charge in [0.1, 0.15) is 0 Å². The van der Waals surface area contributed by atoms with Gasteiger partial charge in [0.15, 0.2) is 0 Å². The fraction of sp³-hybridized carbons (Fsp3) is 1.00. The molecule has 0 radical (unpaired) electrons. The van der Waals surface area contributed by atoms with Crippen LogP contribution in [0.1, 0.15) is 46.0 Å². The Morgan fingerprint density at radius 2 is 2.08 bits per heavy atom. The summed E-state index contributed by atoms with van der Waals surface area (Å²) in [5, 5.41) is 0. The standard InChI is InChI=1S/C12H22S/c1-10(2)11-5-3-4-6-12(11)7-8-13-9-12/h10-11H,3-9H2,1-2H3. The SMILES string of the molecule is CC(C)C1CCCCC12CCSC2. The zero-order valence-corrected chi connectivity index (χ0v) is 9.83. The van der Waals surface area contributed by atoms with Crippen LogP contribution in [-0.4, -0.2) is 11.5 Å². The molecular formula is C12H22S. The first-order chi connectivity index (χ1) is 6.25. The molecule has 1 aliphatic heterocycles. The molecule has 2 fully saturated rings. The summed E-state index contributed by atoms with van der Waals surface area (Å²) in [6.07, 6.45) is 7.56. The Balaban J connectivity index is 2.12. The third-order valence-corrected chi connectivity index (χ3v) is 5.44. The van der Waals surface area contributed by atoms with E-state index in [1.807, 2.05) is 0 Å². The van der Waals surface area contributed by atoms with E-state index in [2.05, 4.69) is 25.6 Å². The molecule has 1 heterocycles. The number of hydrogen-bond donors (Lipinski definition) is 0. The summed E-state index contributed by atoms with van der Waals surface area (Å²) in [5.41, 5.74) is 0.775. The van der Waals surface area contributed by atoms with E-state index in [0.717, 1.165) is 17.3 Å². The number of rotatable bonds is 1. The predicted octanol–water partition coefficient (Wildman–Crippen LogP) is 3.96. The molecule has 2 unspecified atom stereocenters. The molecule has 0 amide bonds. The van der Waals surface area contributed by atoms with Gasteiger partial charge in [-0.15, -0.1) is 0 Å². The molecule has 0 bridgehead atoms. The van der Waals surface area contributed by atoms with Crippen molar-refractivity contribution in [1.29, 1.82) is 0 Å². The fourth-order valence-electron chi connectivity index (χ4n) is 3.49. The third kappa shape index (κ3) is 1.77. The van der Waals surface area contributed by atoms with Crippen LogP contribution >= 0.6 is 11.8 Å². The molecule has 2 atom stereocenters. The van der Waals surface area contributed by atoms with E-state index in [1.165, 1.54) is 43.6 Å². The molecule has 1 aliphatic carbocycles. The lowest BCUT2D eigenvalue weighted by atomic mass is 9.62. The Labute approximate surface area is 86.9 Å². The Bertz CT molecular complexity index is 168. The molecule has 0 aromatic rings. The van der Waals surface area contributed by atoms with Gasteiger partial charge < -0.3 is 0 Å². The van der Waals surface area contributed by atoms with Crippen molar-refractivity contribution in [1.82, 2.24) is 0 Å². The molecule has 13 heavy (non-hydrogen) atoms. The van der Waals surface area contributed by atoms with E-state index < -0.39 is 0 Å². The Morgan fingerprint density at radius 1 is 1.23 bits per heavy atom. The van der Waals surface area contributed by atoms with Crippen LogP contribution in [0.4, 0.5) is 0 Å². The van der Waals surface area contributed by atoms with Gasteiger partial charge in [-0.05, 0) is 48.0 Å². The van der Waals surface area contributed by atoms with Crippen molar-refractivity contribution in [3.63, 3.8) is 0 Å². The van der Waals surface area contributed by atoms with Gasteiger partial charge in [-0.25, -0.2) is 0 Å². The van der Waals surface area contributed by atoms with E-state index in [9.17, 15) is 0 Å². The van der Waals surface area contributed by atoms with Crippen LogP contribution in [0.2, 0.25) is 0 Å². The second kappa shape index (κ2) is 3.84. The van der Waals surface area contributed by atoms with Crippen LogP contribution in [0.3, 0.4) is 0 Å². The van der Waals surface area contributed by atoms with Crippen molar-refractivity contribution in [2.75, 3.05) is 11.5 Å². The number of thioether (sulfide) groups is 1. The van der Waals surface area contributed by atoms with Crippen molar-refractivity contribution in [2.24, 2.45) is 17.3 Å². The minimum absolute atomic E-state index is 0.775. The van der Waals surface area contributed by atoms with Crippen LogP contribution in [-0.2, 0) is 0 Å². The monoisotopic (exact) mass is 198 g/mol. The van der Waals surface area contributed by atoms with Gasteiger partial charge in [0.05, 0.1) is 0 Å². The Morgan fingerprint density at radius 3 is 2.69 bits per heavy atom. The highest BCUT2D eigenvalue weighted by atomic mass is 32.2. The van der Waals surface area contributed by atoms with Crippen LogP contribution < -0.4 is 0 Å². The minimum Gasteiger partial charge on any atom is -0.161 e. The first-order valence-corrected chi connectivity index (χ1v) is 6.98. The van der Waals surface area contributed by atoms with Gasteiger partial charge in [0.25, 0.3) is 0 Å². The first-order valence-electron chi connectivity index (χ1n) is 5.82. The predicted molar refractivity (Wildman–Crippen MR) is 61.2 cm³/mol. The van der Waals surface area contributed by atoms with Gasteiger partial charge in [-0.2, -0.15) is 11.8 Å². The van der Waals surface area contributed by atoms with Gasteiger partial charge in [0.2, 0.25) is 0 Å². The van der Waals surface area contributed by atoms with E-state index >= 15 is 0 Å². The summed E-state index contributed by atoms with van der Waals surface area (Å²) in [6.45, 7) is 4.86. The first kappa shape index (κ1) is 9.89. The van der Waals surface area contributed by atoms with Crippen molar-refractivity contribution in [3.8, 4) is 0 Å². The van der Waals surface area contributed by atoms with E-state index in [-0.39, 0.29) is 0 Å². The van der Waals surface area contributed by atoms with Crippen LogP contribution in [0.25, 0.3) is 0 Å². The van der Waals surface area contributed by atoms with Crippen LogP contribution in [0.15, 0.2) is 0 Å². The number of hydrogen-bond acceptors (Lipinski definition) is 1. The quantitative estimate of drug-likeness (QED) is 0.614. The lowest BCUT2D eigenvalue weighted by Gasteiger charge is -2.43. The van der Waals surface area contributed by atoms with Crippen LogP contribution in [0.5, 0.6) is 0 Å². The summed E-state index contributed by atoms with van der Waals surface area (Å²) in [5.74, 6) is 4.86. The smallest absolute Gasteiger partial charge is 0.000775 e.